The van der Waals surface area contributed by atoms with E-state index in [1.807, 2.05) is 0 Å². The van der Waals surface area contributed by atoms with Gasteiger partial charge < -0.3 is 0 Å². The molecular weight excluding hydrogens is 204 g/mol. The zero-order valence-electron chi connectivity index (χ0n) is 6.10. The molecule has 8 heteroatoms. The van der Waals surface area contributed by atoms with E-state index < -0.39 is 10.1 Å². The van der Waals surface area contributed by atoms with Crippen molar-refractivity contribution in [3.05, 3.63) is 0 Å². The second kappa shape index (κ2) is 4.77. The van der Waals surface area contributed by atoms with E-state index in [9.17, 15) is 8.42 Å². The van der Waals surface area contributed by atoms with Gasteiger partial charge in [-0.1, -0.05) is 0 Å². The van der Waals surface area contributed by atoms with Crippen molar-refractivity contribution in [3.63, 3.8) is 0 Å². The van der Waals surface area contributed by atoms with Crippen LogP contribution in [-0.2, 0) is 18.6 Å². The fourth-order valence-corrected chi connectivity index (χ4v) is 1.48. The highest BCUT2D eigenvalue weighted by molar-refractivity contribution is 8.08. The maximum absolute atomic E-state index is 10.1. The summed E-state index contributed by atoms with van der Waals surface area (Å²) < 4.78 is 29.0. The van der Waals surface area contributed by atoms with Gasteiger partial charge in [0, 0.05) is 18.6 Å². The van der Waals surface area contributed by atoms with Gasteiger partial charge in [0.1, 0.15) is 0 Å². The van der Waals surface area contributed by atoms with Gasteiger partial charge in [-0.25, -0.2) is 0 Å². The third kappa shape index (κ3) is 4.02. The molecule has 2 heterocycles. The summed E-state index contributed by atoms with van der Waals surface area (Å²) in [5.41, 5.74) is 3.91. The SMILES string of the molecule is C1=NCOS1.O=S1(=O)CCNO1. The standard InChI is InChI=1S/C2H5NO3S.C2H3NOS/c4-7(5)2-1-3-6-7;1-3-2-5-4-1/h3H,1-2H2;2H,1H2. The van der Waals surface area contributed by atoms with Crippen LogP contribution in [0.25, 0.3) is 0 Å². The number of nitrogens with zero attached hydrogens (tertiary/aromatic N) is 1. The molecule has 2 rings (SSSR count). The molecule has 0 unspecified atom stereocenters. The first kappa shape index (κ1) is 9.93. The number of hydrogen-bond acceptors (Lipinski definition) is 7. The minimum Gasteiger partial charge on any atom is -0.286 e. The van der Waals surface area contributed by atoms with Gasteiger partial charge in [-0.05, 0) is 0 Å². The van der Waals surface area contributed by atoms with Crippen LogP contribution in [0.1, 0.15) is 0 Å². The smallest absolute Gasteiger partial charge is 0.284 e. The summed E-state index contributed by atoms with van der Waals surface area (Å²) in [7, 11) is -3.16. The lowest BCUT2D eigenvalue weighted by atomic mass is 10.8. The molecule has 0 aromatic carbocycles. The van der Waals surface area contributed by atoms with Gasteiger partial charge in [-0.3, -0.25) is 9.18 Å². The van der Waals surface area contributed by atoms with E-state index in [1.165, 1.54) is 12.0 Å². The van der Waals surface area contributed by atoms with Crippen molar-refractivity contribution in [1.82, 2.24) is 5.48 Å². The predicted octanol–water partition coefficient (Wildman–Crippen LogP) is -0.498. The van der Waals surface area contributed by atoms with Crippen molar-refractivity contribution in [2.75, 3.05) is 19.0 Å². The Bertz CT molecular complexity index is 232. The second-order valence-electron chi connectivity index (χ2n) is 1.87. The van der Waals surface area contributed by atoms with Gasteiger partial charge in [0.2, 0.25) is 0 Å². The first-order valence-electron chi connectivity index (χ1n) is 3.11. The van der Waals surface area contributed by atoms with Crippen LogP contribution in [0.3, 0.4) is 0 Å². The number of hydrogen-bond donors (Lipinski definition) is 1. The van der Waals surface area contributed by atoms with E-state index in [1.54, 1.807) is 5.55 Å². The third-order valence-electron chi connectivity index (χ3n) is 0.953. The highest BCUT2D eigenvalue weighted by Crippen LogP contribution is 2.02. The van der Waals surface area contributed by atoms with E-state index in [2.05, 4.69) is 18.9 Å². The summed E-state index contributed by atoms with van der Waals surface area (Å²) in [4.78, 5) is 3.70. The highest BCUT2D eigenvalue weighted by atomic mass is 32.2. The molecule has 1 N–H and O–H groups in total. The topological polar surface area (TPSA) is 77.0 Å². The molecular formula is C4H8N2O4S2. The molecule has 0 radical (unpaired) electrons. The van der Waals surface area contributed by atoms with E-state index in [4.69, 9.17) is 0 Å². The molecule has 0 bridgehead atoms. The predicted molar refractivity (Wildman–Crippen MR) is 44.9 cm³/mol. The van der Waals surface area contributed by atoms with Crippen molar-refractivity contribution in [2.45, 2.75) is 0 Å². The Morgan fingerprint density at radius 3 is 2.58 bits per heavy atom. The van der Waals surface area contributed by atoms with Crippen molar-refractivity contribution >= 4 is 27.7 Å². The molecule has 12 heavy (non-hydrogen) atoms. The van der Waals surface area contributed by atoms with E-state index in [0.29, 0.717) is 13.3 Å². The summed E-state index contributed by atoms with van der Waals surface area (Å²) in [5, 5.41) is 0. The fraction of sp³-hybridized carbons (Fsp3) is 0.750. The first-order chi connectivity index (χ1) is 5.71. The zero-order chi connectivity index (χ0) is 8.86. The van der Waals surface area contributed by atoms with E-state index >= 15 is 0 Å². The molecule has 0 aromatic rings. The Labute approximate surface area is 74.6 Å². The lowest BCUT2D eigenvalue weighted by molar-refractivity contribution is 0.241. The Balaban J connectivity index is 0.000000127. The molecule has 1 fully saturated rings. The summed E-state index contributed by atoms with van der Waals surface area (Å²) in [6.45, 7) is 0.938. The van der Waals surface area contributed by atoms with Crippen LogP contribution in [0.2, 0.25) is 0 Å². The van der Waals surface area contributed by atoms with Crippen molar-refractivity contribution in [3.8, 4) is 0 Å². The minimum atomic E-state index is -3.16. The van der Waals surface area contributed by atoms with Crippen LogP contribution < -0.4 is 5.48 Å². The van der Waals surface area contributed by atoms with Crippen molar-refractivity contribution in [1.29, 1.82) is 0 Å². The van der Waals surface area contributed by atoms with Crippen LogP contribution in [0.4, 0.5) is 0 Å². The van der Waals surface area contributed by atoms with Crippen LogP contribution in [0.5, 0.6) is 0 Å². The summed E-state index contributed by atoms with van der Waals surface area (Å²) in [6, 6.07) is 0. The molecule has 2 aliphatic rings. The van der Waals surface area contributed by atoms with Crippen LogP contribution in [-0.4, -0.2) is 33.0 Å². The monoisotopic (exact) mass is 212 g/mol. The number of rotatable bonds is 0. The number of nitrogens with one attached hydrogen (secondary N) is 1. The molecule has 0 amide bonds. The van der Waals surface area contributed by atoms with E-state index in [0.717, 1.165) is 0 Å². The summed E-state index contributed by atoms with van der Waals surface area (Å²) in [6.07, 6.45) is 0. The molecule has 0 aliphatic carbocycles. The van der Waals surface area contributed by atoms with Gasteiger partial charge in [0.05, 0.1) is 11.3 Å². The maximum atomic E-state index is 10.1. The first-order valence-corrected chi connectivity index (χ1v) is 5.49. The van der Waals surface area contributed by atoms with Crippen molar-refractivity contribution < 1.29 is 16.9 Å². The largest absolute Gasteiger partial charge is 0.286 e. The highest BCUT2D eigenvalue weighted by Gasteiger charge is 2.16. The molecule has 1 saturated heterocycles. The molecule has 6 nitrogen and oxygen atoms in total. The van der Waals surface area contributed by atoms with Gasteiger partial charge in [0.25, 0.3) is 10.1 Å². The lowest BCUT2D eigenvalue weighted by Crippen LogP contribution is -2.04. The number of aliphatic imine (C=N–C) groups is 1. The van der Waals surface area contributed by atoms with E-state index in [-0.39, 0.29) is 5.75 Å². The molecule has 2 aliphatic heterocycles. The Morgan fingerprint density at radius 1 is 1.58 bits per heavy atom. The lowest BCUT2D eigenvalue weighted by Gasteiger charge is -1.83. The minimum absolute atomic E-state index is 0.0903. The Kier molecular flexibility index (Phi) is 3.95. The van der Waals surface area contributed by atoms with Gasteiger partial charge in [-0.2, -0.15) is 18.2 Å². The molecule has 0 atom stereocenters. The molecule has 0 spiro atoms. The average Bonchev–Trinajstić information content (AvgIpc) is 2.60. The molecule has 0 saturated carbocycles. The number of hydroxylamine groups is 1. The van der Waals surface area contributed by atoms with Gasteiger partial charge in [-0.15, -0.1) is 0 Å². The van der Waals surface area contributed by atoms with Crippen molar-refractivity contribution in [2.24, 2.45) is 4.99 Å². The second-order valence-corrected chi connectivity index (χ2v) is 4.20. The van der Waals surface area contributed by atoms with Crippen LogP contribution >= 0.6 is 12.0 Å². The average molecular weight is 212 g/mol. The van der Waals surface area contributed by atoms with Gasteiger partial charge >= 0.3 is 0 Å². The van der Waals surface area contributed by atoms with Crippen LogP contribution in [0, 0.1) is 0 Å². The zero-order valence-corrected chi connectivity index (χ0v) is 7.73. The maximum Gasteiger partial charge on any atom is 0.284 e. The summed E-state index contributed by atoms with van der Waals surface area (Å²) >= 11 is 1.28. The van der Waals surface area contributed by atoms with Crippen LogP contribution in [0.15, 0.2) is 4.99 Å². The molecule has 0 aromatic heterocycles. The Morgan fingerprint density at radius 2 is 2.42 bits per heavy atom. The third-order valence-corrected chi connectivity index (χ3v) is 2.51. The Hall–Kier alpha value is -0.150. The quantitative estimate of drug-likeness (QED) is 0.545. The normalized spacial score (nSPS) is 25.0. The molecule has 70 valence electrons. The summed E-state index contributed by atoms with van der Waals surface area (Å²) in [5.74, 6) is 0.0903. The fourth-order valence-electron chi connectivity index (χ4n) is 0.492. The van der Waals surface area contributed by atoms with Gasteiger partial charge in [0.15, 0.2) is 6.73 Å².